The minimum Gasteiger partial charge on any atom is -0.497 e. The predicted octanol–water partition coefficient (Wildman–Crippen LogP) is 1.87. The van der Waals surface area contributed by atoms with Crippen LogP contribution in [0.25, 0.3) is 10.9 Å². The molecule has 0 N–H and O–H groups in total. The molecule has 0 aliphatic carbocycles. The monoisotopic (exact) mass is 387 g/mol. The molecule has 3 rings (SSSR count). The van der Waals surface area contributed by atoms with Crippen molar-refractivity contribution in [2.45, 2.75) is 13.1 Å². The number of hydrogen-bond donors (Lipinski definition) is 0. The summed E-state index contributed by atoms with van der Waals surface area (Å²) in [6.07, 6.45) is 1.39. The second kappa shape index (κ2) is 7.89. The standard InChI is InChI=1S/C19H21N3O4S/c1-21(13-15-7-9-16(26-2)10-8-15)27(24,25)12-11-22-14-20-18-6-4-3-5-17(18)19(22)23/h3-10,14H,11-13H2,1-2H3. The highest BCUT2D eigenvalue weighted by Gasteiger charge is 2.18. The Labute approximate surface area is 157 Å². The first-order valence-electron chi connectivity index (χ1n) is 8.42. The second-order valence-corrected chi connectivity index (χ2v) is 8.38. The quantitative estimate of drug-likeness (QED) is 0.618. The molecule has 0 aliphatic heterocycles. The van der Waals surface area contributed by atoms with Crippen molar-refractivity contribution in [2.24, 2.45) is 0 Å². The van der Waals surface area contributed by atoms with E-state index < -0.39 is 10.0 Å². The van der Waals surface area contributed by atoms with Gasteiger partial charge in [0.15, 0.2) is 0 Å². The van der Waals surface area contributed by atoms with Gasteiger partial charge in [0.2, 0.25) is 10.0 Å². The first-order valence-corrected chi connectivity index (χ1v) is 10.0. The number of methoxy groups -OCH3 is 1. The molecular formula is C19H21N3O4S. The highest BCUT2D eigenvalue weighted by atomic mass is 32.2. The molecule has 3 aromatic rings. The predicted molar refractivity (Wildman–Crippen MR) is 104 cm³/mol. The Morgan fingerprint density at radius 1 is 1.11 bits per heavy atom. The summed E-state index contributed by atoms with van der Waals surface area (Å²) in [7, 11) is -0.421. The lowest BCUT2D eigenvalue weighted by molar-refractivity contribution is 0.414. The van der Waals surface area contributed by atoms with E-state index in [-0.39, 0.29) is 24.4 Å². The van der Waals surface area contributed by atoms with Crippen LogP contribution in [0, 0.1) is 0 Å². The highest BCUT2D eigenvalue weighted by molar-refractivity contribution is 7.89. The van der Waals surface area contributed by atoms with E-state index in [1.807, 2.05) is 12.1 Å². The summed E-state index contributed by atoms with van der Waals surface area (Å²) in [4.78, 5) is 16.7. The van der Waals surface area contributed by atoms with Gasteiger partial charge in [-0.2, -0.15) is 0 Å². The summed E-state index contributed by atoms with van der Waals surface area (Å²) in [6, 6.07) is 14.2. The molecule has 0 bridgehead atoms. The van der Waals surface area contributed by atoms with Crippen molar-refractivity contribution >= 4 is 20.9 Å². The fourth-order valence-electron chi connectivity index (χ4n) is 2.72. The number of fused-ring (bicyclic) bond motifs is 1. The lowest BCUT2D eigenvalue weighted by Crippen LogP contribution is -2.32. The highest BCUT2D eigenvalue weighted by Crippen LogP contribution is 2.14. The van der Waals surface area contributed by atoms with E-state index in [0.29, 0.717) is 16.7 Å². The minimum absolute atomic E-state index is 0.0476. The summed E-state index contributed by atoms with van der Waals surface area (Å²) in [5.41, 5.74) is 1.21. The van der Waals surface area contributed by atoms with Crippen LogP contribution in [0.5, 0.6) is 5.75 Å². The van der Waals surface area contributed by atoms with Crippen LogP contribution in [-0.2, 0) is 23.1 Å². The molecule has 0 aliphatic rings. The zero-order valence-electron chi connectivity index (χ0n) is 15.2. The summed E-state index contributed by atoms with van der Waals surface area (Å²) in [5, 5.41) is 0.476. The molecule has 1 heterocycles. The van der Waals surface area contributed by atoms with Gasteiger partial charge < -0.3 is 4.74 Å². The fourth-order valence-corrected chi connectivity index (χ4v) is 3.81. The maximum atomic E-state index is 12.6. The van der Waals surface area contributed by atoms with Crippen molar-refractivity contribution < 1.29 is 13.2 Å². The van der Waals surface area contributed by atoms with Gasteiger partial charge in [-0.1, -0.05) is 24.3 Å². The van der Waals surface area contributed by atoms with E-state index in [4.69, 9.17) is 4.74 Å². The van der Waals surface area contributed by atoms with Crippen LogP contribution in [0.4, 0.5) is 0 Å². The Morgan fingerprint density at radius 3 is 2.52 bits per heavy atom. The minimum atomic E-state index is -3.53. The third-order valence-corrected chi connectivity index (χ3v) is 6.14. The average Bonchev–Trinajstić information content (AvgIpc) is 2.68. The number of aromatic nitrogens is 2. The van der Waals surface area contributed by atoms with Gasteiger partial charge >= 0.3 is 0 Å². The summed E-state index contributed by atoms with van der Waals surface area (Å²) in [5.74, 6) is 0.534. The Hall–Kier alpha value is -2.71. The SMILES string of the molecule is COc1ccc(CN(C)S(=O)(=O)CCn2cnc3ccccc3c2=O)cc1. The van der Waals surface area contributed by atoms with Crippen molar-refractivity contribution in [1.82, 2.24) is 13.9 Å². The van der Waals surface area contributed by atoms with Gasteiger partial charge in [-0.05, 0) is 29.8 Å². The number of aryl methyl sites for hydroxylation is 1. The van der Waals surface area contributed by atoms with Gasteiger partial charge in [-0.25, -0.2) is 17.7 Å². The van der Waals surface area contributed by atoms with Gasteiger partial charge in [0.05, 0.1) is 30.1 Å². The average molecular weight is 387 g/mol. The molecule has 27 heavy (non-hydrogen) atoms. The lowest BCUT2D eigenvalue weighted by atomic mass is 10.2. The van der Waals surface area contributed by atoms with E-state index in [0.717, 1.165) is 5.56 Å². The number of benzene rings is 2. The van der Waals surface area contributed by atoms with Crippen molar-refractivity contribution in [3.05, 3.63) is 70.8 Å². The molecule has 1 aromatic heterocycles. The molecular weight excluding hydrogens is 366 g/mol. The molecule has 0 atom stereocenters. The van der Waals surface area contributed by atoms with Crippen LogP contribution in [0.3, 0.4) is 0 Å². The van der Waals surface area contributed by atoms with Crippen LogP contribution in [0.2, 0.25) is 0 Å². The first kappa shape index (κ1) is 19.1. The Kier molecular flexibility index (Phi) is 5.57. The number of hydrogen-bond acceptors (Lipinski definition) is 5. The third kappa shape index (κ3) is 4.35. The summed E-state index contributed by atoms with van der Waals surface area (Å²) in [6.45, 7) is 0.295. The summed E-state index contributed by atoms with van der Waals surface area (Å²) < 4.78 is 32.9. The maximum absolute atomic E-state index is 12.6. The van der Waals surface area contributed by atoms with Gasteiger partial charge in [-0.15, -0.1) is 0 Å². The number of para-hydroxylation sites is 1. The van der Waals surface area contributed by atoms with E-state index in [9.17, 15) is 13.2 Å². The fraction of sp³-hybridized carbons (Fsp3) is 0.263. The zero-order chi connectivity index (χ0) is 19.4. The molecule has 2 aromatic carbocycles. The number of ether oxygens (including phenoxy) is 1. The Balaban J connectivity index is 1.70. The topological polar surface area (TPSA) is 81.5 Å². The Morgan fingerprint density at radius 2 is 1.81 bits per heavy atom. The second-order valence-electron chi connectivity index (χ2n) is 6.18. The molecule has 7 nitrogen and oxygen atoms in total. The molecule has 142 valence electrons. The van der Waals surface area contributed by atoms with Gasteiger partial charge in [0.1, 0.15) is 5.75 Å². The molecule has 0 saturated carbocycles. The van der Waals surface area contributed by atoms with Gasteiger partial charge in [0, 0.05) is 20.1 Å². The molecule has 0 unspecified atom stereocenters. The zero-order valence-corrected chi connectivity index (χ0v) is 16.0. The normalized spacial score (nSPS) is 11.8. The van der Waals surface area contributed by atoms with E-state index >= 15 is 0 Å². The van der Waals surface area contributed by atoms with Crippen molar-refractivity contribution in [3.63, 3.8) is 0 Å². The van der Waals surface area contributed by atoms with Gasteiger partial charge in [0.25, 0.3) is 5.56 Å². The van der Waals surface area contributed by atoms with Crippen LogP contribution in [-0.4, -0.2) is 42.2 Å². The van der Waals surface area contributed by atoms with Crippen molar-refractivity contribution in [1.29, 1.82) is 0 Å². The third-order valence-electron chi connectivity index (χ3n) is 4.36. The molecule has 0 amide bonds. The van der Waals surface area contributed by atoms with E-state index in [1.54, 1.807) is 43.5 Å². The van der Waals surface area contributed by atoms with Crippen molar-refractivity contribution in [2.75, 3.05) is 19.9 Å². The van der Waals surface area contributed by atoms with Crippen molar-refractivity contribution in [3.8, 4) is 5.75 Å². The van der Waals surface area contributed by atoms with Gasteiger partial charge in [-0.3, -0.25) is 9.36 Å². The van der Waals surface area contributed by atoms with Crippen LogP contribution in [0.15, 0.2) is 59.7 Å². The molecule has 0 fully saturated rings. The number of nitrogens with zero attached hydrogens (tertiary/aromatic N) is 3. The smallest absolute Gasteiger partial charge is 0.261 e. The molecule has 8 heteroatoms. The largest absolute Gasteiger partial charge is 0.497 e. The molecule has 0 saturated heterocycles. The lowest BCUT2D eigenvalue weighted by Gasteiger charge is -2.18. The summed E-state index contributed by atoms with van der Waals surface area (Å²) >= 11 is 0. The molecule has 0 spiro atoms. The maximum Gasteiger partial charge on any atom is 0.261 e. The van der Waals surface area contributed by atoms with E-state index in [2.05, 4.69) is 4.98 Å². The number of rotatable bonds is 7. The van der Waals surface area contributed by atoms with Crippen LogP contribution in [0.1, 0.15) is 5.56 Å². The number of sulfonamides is 1. The van der Waals surface area contributed by atoms with E-state index in [1.165, 1.54) is 22.2 Å². The van der Waals surface area contributed by atoms with Crippen LogP contribution >= 0.6 is 0 Å². The Bertz CT molecular complexity index is 1090. The van der Waals surface area contributed by atoms with Crippen LogP contribution < -0.4 is 10.3 Å². The molecule has 0 radical (unpaired) electrons. The first-order chi connectivity index (χ1) is 12.9.